The molecule has 0 saturated carbocycles. The van der Waals surface area contributed by atoms with Crippen LogP contribution in [0.25, 0.3) is 0 Å². The van der Waals surface area contributed by atoms with Crippen LogP contribution < -0.4 is 19.5 Å². The lowest BCUT2D eigenvalue weighted by atomic mass is 9.80. The van der Waals surface area contributed by atoms with Crippen LogP contribution in [0, 0.1) is 11.7 Å². The second-order valence-electron chi connectivity index (χ2n) is 9.20. The maximum atomic E-state index is 13.5. The quantitative estimate of drug-likeness (QED) is 0.482. The maximum Gasteiger partial charge on any atom is 0.231 e. The molecule has 194 valence electrons. The van der Waals surface area contributed by atoms with Crippen molar-refractivity contribution in [1.29, 1.82) is 0 Å². The highest BCUT2D eigenvalue weighted by atomic mass is 35.5. The molecule has 5 nitrogen and oxygen atoms in total. The molecule has 0 radical (unpaired) electrons. The van der Waals surface area contributed by atoms with Crippen LogP contribution >= 0.6 is 36.6 Å². The standard InChI is InChI=1S/C26H33FN2O3S.2ClH/c27-21-5-3-19(4-6-21)24-9-12-29(11-1-2-22-17-33-13-10-28-22)15-20(24)16-30-23-7-8-25-26(14-23)32-18-31-25;;/h3-8,14,20,22,24,28H,1-2,9-13,15-18H2;2*1H/t20-,22?,24-;;/m1../s1. The van der Waals surface area contributed by atoms with Crippen molar-refractivity contribution in [3.63, 3.8) is 0 Å². The molecule has 0 aromatic heterocycles. The van der Waals surface area contributed by atoms with Crippen LogP contribution in [0.3, 0.4) is 0 Å². The van der Waals surface area contributed by atoms with Crippen molar-refractivity contribution in [2.75, 3.05) is 51.1 Å². The van der Waals surface area contributed by atoms with E-state index in [1.54, 1.807) is 12.1 Å². The SMILES string of the molecule is Cl.Cl.Fc1ccc([C@H]2CCN(CCCC3CSCCN3)C[C@@H]2COc2ccc3c(c2)OCO3)cc1. The number of hydrogen-bond donors (Lipinski definition) is 1. The highest BCUT2D eigenvalue weighted by Crippen LogP contribution is 2.37. The summed E-state index contributed by atoms with van der Waals surface area (Å²) in [7, 11) is 0. The lowest BCUT2D eigenvalue weighted by Crippen LogP contribution is -2.43. The smallest absolute Gasteiger partial charge is 0.231 e. The zero-order valence-corrected chi connectivity index (χ0v) is 22.3. The van der Waals surface area contributed by atoms with Crippen LogP contribution in [0.5, 0.6) is 17.2 Å². The zero-order chi connectivity index (χ0) is 22.5. The molecule has 2 aromatic carbocycles. The Labute approximate surface area is 224 Å². The summed E-state index contributed by atoms with van der Waals surface area (Å²) in [5, 5.41) is 3.65. The van der Waals surface area contributed by atoms with Crippen molar-refractivity contribution in [2.45, 2.75) is 31.2 Å². The first-order chi connectivity index (χ1) is 16.2. The summed E-state index contributed by atoms with van der Waals surface area (Å²) >= 11 is 2.06. The number of rotatable bonds is 8. The summed E-state index contributed by atoms with van der Waals surface area (Å²) < 4.78 is 30.7. The third-order valence-electron chi connectivity index (χ3n) is 6.95. The van der Waals surface area contributed by atoms with Gasteiger partial charge >= 0.3 is 0 Å². The predicted octanol–water partition coefficient (Wildman–Crippen LogP) is 5.37. The van der Waals surface area contributed by atoms with Gasteiger partial charge in [-0.15, -0.1) is 24.8 Å². The summed E-state index contributed by atoms with van der Waals surface area (Å²) in [6.07, 6.45) is 3.52. The van der Waals surface area contributed by atoms with Crippen LogP contribution in [0.4, 0.5) is 4.39 Å². The Hall–Kier alpha value is -1.38. The van der Waals surface area contributed by atoms with Gasteiger partial charge in [0.05, 0.1) is 6.61 Å². The van der Waals surface area contributed by atoms with Gasteiger partial charge in [0.1, 0.15) is 11.6 Å². The number of nitrogens with zero attached hydrogens (tertiary/aromatic N) is 1. The first-order valence-electron chi connectivity index (χ1n) is 12.1. The van der Waals surface area contributed by atoms with Crippen LogP contribution in [0.1, 0.15) is 30.7 Å². The summed E-state index contributed by atoms with van der Waals surface area (Å²) in [5.41, 5.74) is 1.21. The monoisotopic (exact) mass is 544 g/mol. The first-order valence-corrected chi connectivity index (χ1v) is 13.2. The fourth-order valence-electron chi connectivity index (χ4n) is 5.16. The first kappa shape index (κ1) is 28.2. The average Bonchev–Trinajstić information content (AvgIpc) is 3.32. The summed E-state index contributed by atoms with van der Waals surface area (Å²) in [6.45, 7) is 5.23. The maximum absolute atomic E-state index is 13.5. The molecular weight excluding hydrogens is 510 g/mol. The van der Waals surface area contributed by atoms with E-state index < -0.39 is 0 Å². The Balaban J connectivity index is 0.00000171. The number of fused-ring (bicyclic) bond motifs is 1. The topological polar surface area (TPSA) is 43.0 Å². The minimum atomic E-state index is -0.182. The number of nitrogens with one attached hydrogen (secondary N) is 1. The second kappa shape index (κ2) is 13.8. The number of thioether (sulfide) groups is 1. The van der Waals surface area contributed by atoms with E-state index in [4.69, 9.17) is 14.2 Å². The molecule has 5 rings (SSSR count). The van der Waals surface area contributed by atoms with Crippen molar-refractivity contribution in [2.24, 2.45) is 5.92 Å². The molecule has 2 fully saturated rings. The Morgan fingerprint density at radius 3 is 2.71 bits per heavy atom. The molecule has 2 saturated heterocycles. The molecule has 0 bridgehead atoms. The van der Waals surface area contributed by atoms with Gasteiger partial charge in [0.2, 0.25) is 6.79 Å². The van der Waals surface area contributed by atoms with Gasteiger partial charge in [-0.25, -0.2) is 4.39 Å². The van der Waals surface area contributed by atoms with E-state index in [2.05, 4.69) is 22.0 Å². The van der Waals surface area contributed by atoms with Crippen molar-refractivity contribution in [1.82, 2.24) is 10.2 Å². The van der Waals surface area contributed by atoms with Crippen LogP contribution in [-0.2, 0) is 0 Å². The molecule has 2 aromatic rings. The van der Waals surface area contributed by atoms with Gasteiger partial charge in [0, 0.05) is 42.6 Å². The summed E-state index contributed by atoms with van der Waals surface area (Å²) in [4.78, 5) is 2.59. The molecule has 0 aliphatic carbocycles. The number of benzene rings is 2. The van der Waals surface area contributed by atoms with Gasteiger partial charge in [-0.3, -0.25) is 0 Å². The lowest BCUT2D eigenvalue weighted by Gasteiger charge is -2.39. The van der Waals surface area contributed by atoms with Gasteiger partial charge in [0.15, 0.2) is 11.5 Å². The van der Waals surface area contributed by atoms with Crippen molar-refractivity contribution in [3.05, 3.63) is 53.8 Å². The van der Waals surface area contributed by atoms with Crippen LogP contribution in [-0.4, -0.2) is 62.0 Å². The van der Waals surface area contributed by atoms with E-state index in [9.17, 15) is 4.39 Å². The third kappa shape index (κ3) is 7.56. The van der Waals surface area contributed by atoms with E-state index in [0.717, 1.165) is 49.8 Å². The predicted molar refractivity (Wildman–Crippen MR) is 145 cm³/mol. The Morgan fingerprint density at radius 2 is 1.91 bits per heavy atom. The number of halogens is 3. The molecule has 3 aliphatic heterocycles. The Morgan fingerprint density at radius 1 is 1.09 bits per heavy atom. The molecule has 0 spiro atoms. The molecule has 1 unspecified atom stereocenters. The van der Waals surface area contributed by atoms with Gasteiger partial charge in [-0.1, -0.05) is 12.1 Å². The van der Waals surface area contributed by atoms with Crippen LogP contribution in [0.15, 0.2) is 42.5 Å². The van der Waals surface area contributed by atoms with Crippen molar-refractivity contribution in [3.8, 4) is 17.2 Å². The highest BCUT2D eigenvalue weighted by Gasteiger charge is 2.31. The Bertz CT molecular complexity index is 918. The molecular formula is C26H35Cl2FN2O3S. The highest BCUT2D eigenvalue weighted by molar-refractivity contribution is 7.99. The molecule has 9 heteroatoms. The third-order valence-corrected chi connectivity index (χ3v) is 8.08. The van der Waals surface area contributed by atoms with E-state index in [-0.39, 0.29) is 37.4 Å². The van der Waals surface area contributed by atoms with E-state index in [1.807, 2.05) is 30.3 Å². The van der Waals surface area contributed by atoms with Gasteiger partial charge in [0.25, 0.3) is 0 Å². The van der Waals surface area contributed by atoms with Crippen molar-refractivity contribution >= 4 is 36.6 Å². The normalized spacial score (nSPS) is 23.7. The molecule has 3 aliphatic rings. The minimum Gasteiger partial charge on any atom is -0.493 e. The van der Waals surface area contributed by atoms with Gasteiger partial charge < -0.3 is 24.4 Å². The summed E-state index contributed by atoms with van der Waals surface area (Å²) in [6, 6.07) is 13.4. The minimum absolute atomic E-state index is 0. The molecule has 35 heavy (non-hydrogen) atoms. The second-order valence-corrected chi connectivity index (χ2v) is 10.4. The Kier molecular flexibility index (Phi) is 11.1. The zero-order valence-electron chi connectivity index (χ0n) is 19.8. The molecule has 3 heterocycles. The van der Waals surface area contributed by atoms with Gasteiger partial charge in [-0.05, 0) is 68.1 Å². The average molecular weight is 546 g/mol. The molecule has 0 amide bonds. The number of likely N-dealkylation sites (tertiary alicyclic amines) is 1. The van der Waals surface area contributed by atoms with Crippen LogP contribution in [0.2, 0.25) is 0 Å². The van der Waals surface area contributed by atoms with E-state index in [1.165, 1.54) is 29.9 Å². The van der Waals surface area contributed by atoms with E-state index in [0.29, 0.717) is 24.5 Å². The molecule has 1 N–H and O–H groups in total. The fraction of sp³-hybridized carbons (Fsp3) is 0.538. The summed E-state index contributed by atoms with van der Waals surface area (Å²) in [5.74, 6) is 5.31. The molecule has 3 atom stereocenters. The largest absolute Gasteiger partial charge is 0.493 e. The lowest BCUT2D eigenvalue weighted by molar-refractivity contribution is 0.109. The number of ether oxygens (including phenoxy) is 3. The number of hydrogen-bond acceptors (Lipinski definition) is 6. The van der Waals surface area contributed by atoms with Gasteiger partial charge in [-0.2, -0.15) is 11.8 Å². The number of piperidine rings is 1. The fourth-order valence-corrected chi connectivity index (χ4v) is 6.16. The van der Waals surface area contributed by atoms with Crippen molar-refractivity contribution < 1.29 is 18.6 Å². The van der Waals surface area contributed by atoms with E-state index >= 15 is 0 Å².